The quantitative estimate of drug-likeness (QED) is 0.305. The highest BCUT2D eigenvalue weighted by Gasteiger charge is 2.44. The number of aromatic nitrogens is 6. The van der Waals surface area contributed by atoms with Crippen LogP contribution in [0.2, 0.25) is 0 Å². The Labute approximate surface area is 244 Å². The Hall–Kier alpha value is -4.67. The first-order valence-corrected chi connectivity index (χ1v) is 14.6. The first-order valence-electron chi connectivity index (χ1n) is 14.6. The lowest BCUT2D eigenvalue weighted by atomic mass is 9.88. The SMILES string of the molecule is Cc1cc(OC[C@H](C)c2ccccc2)cn2nc(CCN3CC4(CCN(c5nccn6cncc56)CC4)NC3=O)nc12. The maximum absolute atomic E-state index is 13.0. The van der Waals surface area contributed by atoms with Crippen molar-refractivity contribution in [2.75, 3.05) is 37.7 Å². The van der Waals surface area contributed by atoms with Gasteiger partial charge >= 0.3 is 6.03 Å². The Bertz CT molecular complexity index is 1720. The van der Waals surface area contributed by atoms with Crippen molar-refractivity contribution >= 4 is 23.0 Å². The number of pyridine rings is 1. The van der Waals surface area contributed by atoms with Gasteiger partial charge in [0.15, 0.2) is 17.3 Å². The number of carbonyl (C=O) groups is 1. The molecule has 42 heavy (non-hydrogen) atoms. The number of rotatable bonds is 8. The number of hydrogen-bond acceptors (Lipinski definition) is 7. The number of piperidine rings is 1. The molecule has 2 amide bonds. The Morgan fingerprint density at radius 2 is 2.00 bits per heavy atom. The molecule has 0 radical (unpaired) electrons. The van der Waals surface area contributed by atoms with Crippen LogP contribution in [0.3, 0.4) is 0 Å². The van der Waals surface area contributed by atoms with E-state index in [0.29, 0.717) is 26.1 Å². The summed E-state index contributed by atoms with van der Waals surface area (Å²) in [5, 5.41) is 8.02. The number of aryl methyl sites for hydroxylation is 1. The smallest absolute Gasteiger partial charge is 0.317 e. The van der Waals surface area contributed by atoms with Gasteiger partial charge < -0.3 is 24.3 Å². The van der Waals surface area contributed by atoms with Gasteiger partial charge in [-0.3, -0.25) is 0 Å². The molecule has 1 spiro atoms. The lowest BCUT2D eigenvalue weighted by Crippen LogP contribution is -2.52. The summed E-state index contributed by atoms with van der Waals surface area (Å²) in [7, 11) is 0. The van der Waals surface area contributed by atoms with Crippen molar-refractivity contribution in [3.63, 3.8) is 0 Å². The van der Waals surface area contributed by atoms with Gasteiger partial charge in [-0.25, -0.2) is 24.3 Å². The van der Waals surface area contributed by atoms with Gasteiger partial charge in [-0.2, -0.15) is 5.10 Å². The molecule has 1 N–H and O–H groups in total. The van der Waals surface area contributed by atoms with Crippen LogP contribution in [0.25, 0.3) is 11.2 Å². The molecule has 1 aromatic carbocycles. The second kappa shape index (κ2) is 10.6. The molecule has 2 saturated heterocycles. The molecule has 11 heteroatoms. The topological polar surface area (TPSA) is 105 Å². The third-order valence-electron chi connectivity index (χ3n) is 8.60. The summed E-state index contributed by atoms with van der Waals surface area (Å²) < 4.78 is 9.91. The molecule has 2 aliphatic rings. The van der Waals surface area contributed by atoms with Gasteiger partial charge in [-0.05, 0) is 37.0 Å². The van der Waals surface area contributed by atoms with E-state index in [9.17, 15) is 4.79 Å². The van der Waals surface area contributed by atoms with Crippen LogP contribution in [0.15, 0.2) is 67.5 Å². The summed E-state index contributed by atoms with van der Waals surface area (Å²) in [6.45, 7) is 7.68. The molecule has 0 aliphatic carbocycles. The minimum atomic E-state index is -0.217. The van der Waals surface area contributed by atoms with Crippen molar-refractivity contribution in [3.05, 3.63) is 84.5 Å². The van der Waals surface area contributed by atoms with E-state index in [2.05, 4.69) is 51.4 Å². The molecule has 1 atom stereocenters. The molecule has 2 aliphatic heterocycles. The highest BCUT2D eigenvalue weighted by atomic mass is 16.5. The summed E-state index contributed by atoms with van der Waals surface area (Å²) in [6, 6.07) is 12.4. The molecule has 5 aromatic rings. The summed E-state index contributed by atoms with van der Waals surface area (Å²) in [6.07, 6.45) is 11.6. The minimum absolute atomic E-state index is 0.0115. The van der Waals surface area contributed by atoms with Crippen LogP contribution in [-0.4, -0.2) is 78.2 Å². The second-order valence-electron chi connectivity index (χ2n) is 11.6. The number of amides is 2. The van der Waals surface area contributed by atoms with Crippen LogP contribution in [0, 0.1) is 6.92 Å². The van der Waals surface area contributed by atoms with Gasteiger partial charge in [-0.1, -0.05) is 37.3 Å². The van der Waals surface area contributed by atoms with Crippen LogP contribution < -0.4 is 15.0 Å². The van der Waals surface area contributed by atoms with Gasteiger partial charge in [-0.15, -0.1) is 0 Å². The Kier molecular flexibility index (Phi) is 6.64. The zero-order valence-corrected chi connectivity index (χ0v) is 24.0. The molecule has 0 unspecified atom stereocenters. The van der Waals surface area contributed by atoms with Crippen molar-refractivity contribution in [3.8, 4) is 5.75 Å². The number of nitrogens with one attached hydrogen (secondary N) is 1. The van der Waals surface area contributed by atoms with E-state index >= 15 is 0 Å². The number of nitrogens with zero attached hydrogens (tertiary/aromatic N) is 8. The largest absolute Gasteiger partial charge is 0.491 e. The summed E-state index contributed by atoms with van der Waals surface area (Å²) in [4.78, 5) is 30.8. The highest BCUT2D eigenvalue weighted by Crippen LogP contribution is 2.31. The number of urea groups is 1. The minimum Gasteiger partial charge on any atom is -0.491 e. The van der Waals surface area contributed by atoms with Crippen molar-refractivity contribution in [2.45, 2.75) is 44.6 Å². The average Bonchev–Trinajstić information content (AvgIpc) is 3.73. The number of ether oxygens (including phenoxy) is 1. The van der Waals surface area contributed by atoms with Crippen molar-refractivity contribution < 1.29 is 9.53 Å². The normalized spacial score (nSPS) is 17.3. The van der Waals surface area contributed by atoms with Crippen LogP contribution in [0.1, 0.15) is 42.6 Å². The third kappa shape index (κ3) is 4.99. The van der Waals surface area contributed by atoms with Gasteiger partial charge in [0.2, 0.25) is 0 Å². The van der Waals surface area contributed by atoms with Crippen LogP contribution in [0.5, 0.6) is 5.75 Å². The predicted octanol–water partition coefficient (Wildman–Crippen LogP) is 3.87. The summed E-state index contributed by atoms with van der Waals surface area (Å²) >= 11 is 0. The lowest BCUT2D eigenvalue weighted by Gasteiger charge is -2.39. The van der Waals surface area contributed by atoms with E-state index in [4.69, 9.17) is 14.8 Å². The molecule has 4 aromatic heterocycles. The lowest BCUT2D eigenvalue weighted by molar-refractivity contribution is 0.217. The number of imidazole rings is 1. The summed E-state index contributed by atoms with van der Waals surface area (Å²) in [5.41, 5.74) is 3.85. The molecular formula is C31H35N9O2. The van der Waals surface area contributed by atoms with Crippen molar-refractivity contribution in [1.82, 2.24) is 39.2 Å². The Morgan fingerprint density at radius 3 is 2.83 bits per heavy atom. The molecule has 2 fully saturated rings. The Morgan fingerprint density at radius 1 is 1.17 bits per heavy atom. The average molecular weight is 566 g/mol. The molecule has 0 bridgehead atoms. The van der Waals surface area contributed by atoms with Crippen molar-refractivity contribution in [1.29, 1.82) is 0 Å². The van der Waals surface area contributed by atoms with Crippen molar-refractivity contribution in [2.24, 2.45) is 0 Å². The van der Waals surface area contributed by atoms with Crippen LogP contribution in [-0.2, 0) is 6.42 Å². The zero-order valence-electron chi connectivity index (χ0n) is 24.0. The number of benzene rings is 1. The maximum atomic E-state index is 13.0. The predicted molar refractivity (Wildman–Crippen MR) is 159 cm³/mol. The number of fused-ring (bicyclic) bond motifs is 2. The molecule has 7 rings (SSSR count). The molecule has 0 saturated carbocycles. The van der Waals surface area contributed by atoms with E-state index in [-0.39, 0.29) is 17.5 Å². The van der Waals surface area contributed by atoms with Gasteiger partial charge in [0, 0.05) is 50.9 Å². The molecule has 11 nitrogen and oxygen atoms in total. The summed E-state index contributed by atoms with van der Waals surface area (Å²) in [5.74, 6) is 2.71. The number of hydrogen-bond donors (Lipinski definition) is 1. The first-order chi connectivity index (χ1) is 20.5. The maximum Gasteiger partial charge on any atom is 0.317 e. The second-order valence-corrected chi connectivity index (χ2v) is 11.6. The standard InChI is InChI=1S/C31H35N9O2/c1-22-16-25(42-19-23(2)24-6-4-3-5-7-24)18-40-28(22)34-27(36-40)8-12-38-20-31(35-30(38)41)9-13-37(14-10-31)29-26-17-32-21-39(26)15-11-33-29/h3-7,11,15-18,21,23H,8-10,12-14,19-20H2,1-2H3,(H,35,41)/t23-/m0/s1. The zero-order chi connectivity index (χ0) is 28.7. The number of carbonyl (C=O) groups excluding carboxylic acids is 1. The van der Waals surface area contributed by atoms with E-state index in [0.717, 1.165) is 60.1 Å². The van der Waals surface area contributed by atoms with E-state index in [1.54, 1.807) is 10.8 Å². The van der Waals surface area contributed by atoms with Gasteiger partial charge in [0.25, 0.3) is 0 Å². The first kappa shape index (κ1) is 26.2. The fourth-order valence-electron chi connectivity index (χ4n) is 6.16. The van der Waals surface area contributed by atoms with E-state index in [1.165, 1.54) is 5.56 Å². The highest BCUT2D eigenvalue weighted by molar-refractivity contribution is 5.78. The monoisotopic (exact) mass is 565 g/mol. The van der Waals surface area contributed by atoms with Gasteiger partial charge in [0.1, 0.15) is 11.3 Å². The molecular weight excluding hydrogens is 530 g/mol. The van der Waals surface area contributed by atoms with Crippen LogP contribution in [0.4, 0.5) is 10.6 Å². The molecule has 6 heterocycles. The molecule has 216 valence electrons. The Balaban J connectivity index is 0.963. The number of anilines is 1. The van der Waals surface area contributed by atoms with Gasteiger partial charge in [0.05, 0.1) is 30.9 Å². The third-order valence-corrected chi connectivity index (χ3v) is 8.60. The fourth-order valence-corrected chi connectivity index (χ4v) is 6.16. The van der Waals surface area contributed by atoms with Crippen LogP contribution >= 0.6 is 0 Å². The van der Waals surface area contributed by atoms with E-state index in [1.807, 2.05) is 53.1 Å². The fraction of sp³-hybridized carbons (Fsp3) is 0.387. The van der Waals surface area contributed by atoms with E-state index < -0.39 is 0 Å².